The van der Waals surface area contributed by atoms with E-state index in [1.807, 2.05) is 18.2 Å². The first-order chi connectivity index (χ1) is 15.0. The van der Waals surface area contributed by atoms with Crippen LogP contribution >= 0.6 is 23.8 Å². The average Bonchev–Trinajstić information content (AvgIpc) is 2.78. The van der Waals surface area contributed by atoms with Crippen molar-refractivity contribution in [3.8, 4) is 0 Å². The molecule has 3 aromatic rings. The number of fused-ring (bicyclic) bond motifs is 1. The normalized spacial score (nSPS) is 14.7. The Morgan fingerprint density at radius 2 is 1.90 bits per heavy atom. The first-order valence-electron chi connectivity index (χ1n) is 10.0. The molecule has 0 atom stereocenters. The molecular formula is C22H23ClN4O3S. The molecule has 4 rings (SSSR count). The third kappa shape index (κ3) is 4.66. The van der Waals surface area contributed by atoms with Crippen LogP contribution in [0.1, 0.15) is 10.4 Å². The number of piperazine rings is 1. The summed E-state index contributed by atoms with van der Waals surface area (Å²) >= 11 is 11.5. The van der Waals surface area contributed by atoms with Gasteiger partial charge in [0.15, 0.2) is 4.77 Å². The number of hydrogen-bond donors (Lipinski definition) is 1. The number of anilines is 1. The summed E-state index contributed by atoms with van der Waals surface area (Å²) in [6, 6.07) is 12.7. The lowest BCUT2D eigenvalue weighted by Gasteiger charge is -2.36. The standard InChI is InChI=1S/C22H23ClN4O3S/c1-30-21(29)15-5-6-18-19(13-15)24-22(31)27(20(18)28)12-9-25-7-10-26(11-8-25)17-4-2-3-16(23)14-17/h2-6,13-14H,7-12H2,1H3,(H,24,31). The van der Waals surface area contributed by atoms with Crippen LogP contribution < -0.4 is 10.5 Å². The minimum absolute atomic E-state index is 0.160. The van der Waals surface area contributed by atoms with Crippen molar-refractivity contribution in [2.24, 2.45) is 0 Å². The highest BCUT2D eigenvalue weighted by atomic mass is 35.5. The van der Waals surface area contributed by atoms with Crippen LogP contribution in [0, 0.1) is 4.77 Å². The van der Waals surface area contributed by atoms with Gasteiger partial charge in [-0.3, -0.25) is 14.3 Å². The summed E-state index contributed by atoms with van der Waals surface area (Å²) < 4.78 is 6.67. The molecule has 0 unspecified atom stereocenters. The maximum Gasteiger partial charge on any atom is 0.337 e. The Hall–Kier alpha value is -2.68. The second kappa shape index (κ2) is 9.21. The van der Waals surface area contributed by atoms with Gasteiger partial charge in [0.25, 0.3) is 5.56 Å². The van der Waals surface area contributed by atoms with Crippen LogP contribution in [0.5, 0.6) is 0 Å². The summed E-state index contributed by atoms with van der Waals surface area (Å²) in [5, 5.41) is 1.23. The van der Waals surface area contributed by atoms with E-state index in [9.17, 15) is 9.59 Å². The lowest BCUT2D eigenvalue weighted by atomic mass is 10.1. The van der Waals surface area contributed by atoms with Gasteiger partial charge in [-0.2, -0.15) is 0 Å². The molecule has 31 heavy (non-hydrogen) atoms. The van der Waals surface area contributed by atoms with E-state index in [0.717, 1.165) is 43.4 Å². The van der Waals surface area contributed by atoms with E-state index in [2.05, 4.69) is 20.9 Å². The van der Waals surface area contributed by atoms with Crippen molar-refractivity contribution in [3.05, 3.63) is 68.2 Å². The van der Waals surface area contributed by atoms with Gasteiger partial charge in [0.1, 0.15) is 0 Å². The van der Waals surface area contributed by atoms with Crippen molar-refractivity contribution < 1.29 is 9.53 Å². The SMILES string of the molecule is COC(=O)c1ccc2c(=O)n(CCN3CCN(c4cccc(Cl)c4)CC3)c(=S)[nH]c2c1. The molecule has 0 bridgehead atoms. The Balaban J connectivity index is 1.44. The van der Waals surface area contributed by atoms with Crippen molar-refractivity contribution in [2.75, 3.05) is 44.7 Å². The molecule has 2 aromatic carbocycles. The molecule has 162 valence electrons. The molecule has 1 saturated heterocycles. The molecule has 1 fully saturated rings. The Morgan fingerprint density at radius 1 is 1.13 bits per heavy atom. The first kappa shape index (κ1) is 21.5. The van der Waals surface area contributed by atoms with Crippen LogP contribution in [0.25, 0.3) is 10.9 Å². The molecule has 0 aliphatic carbocycles. The van der Waals surface area contributed by atoms with Crippen molar-refractivity contribution in [1.29, 1.82) is 0 Å². The fourth-order valence-electron chi connectivity index (χ4n) is 3.85. The Morgan fingerprint density at radius 3 is 2.61 bits per heavy atom. The minimum Gasteiger partial charge on any atom is -0.465 e. The third-order valence-electron chi connectivity index (χ3n) is 5.59. The number of halogens is 1. The fourth-order valence-corrected chi connectivity index (χ4v) is 4.31. The van der Waals surface area contributed by atoms with Crippen LogP contribution in [-0.4, -0.2) is 60.3 Å². The number of nitrogens with one attached hydrogen (secondary N) is 1. The molecule has 0 amide bonds. The van der Waals surface area contributed by atoms with E-state index in [4.69, 9.17) is 28.6 Å². The minimum atomic E-state index is -0.456. The van der Waals surface area contributed by atoms with Crippen LogP contribution in [0.3, 0.4) is 0 Å². The van der Waals surface area contributed by atoms with Gasteiger partial charge >= 0.3 is 5.97 Å². The quantitative estimate of drug-likeness (QED) is 0.467. The lowest BCUT2D eigenvalue weighted by molar-refractivity contribution is 0.0601. The summed E-state index contributed by atoms with van der Waals surface area (Å²) in [6.07, 6.45) is 0. The van der Waals surface area contributed by atoms with E-state index in [1.54, 1.807) is 22.8 Å². The number of carbonyl (C=O) groups is 1. The van der Waals surface area contributed by atoms with E-state index in [-0.39, 0.29) is 5.56 Å². The first-order valence-corrected chi connectivity index (χ1v) is 10.8. The van der Waals surface area contributed by atoms with Gasteiger partial charge in [-0.25, -0.2) is 4.79 Å². The number of hydrogen-bond acceptors (Lipinski definition) is 6. The Bertz CT molecular complexity index is 1230. The van der Waals surface area contributed by atoms with Crippen LogP contribution in [0.2, 0.25) is 5.02 Å². The molecule has 0 radical (unpaired) electrons. The summed E-state index contributed by atoms with van der Waals surface area (Å²) in [7, 11) is 1.32. The molecule has 9 heteroatoms. The number of aromatic amines is 1. The summed E-state index contributed by atoms with van der Waals surface area (Å²) in [5.41, 5.74) is 1.87. The van der Waals surface area contributed by atoms with E-state index < -0.39 is 5.97 Å². The monoisotopic (exact) mass is 458 g/mol. The molecule has 2 heterocycles. The molecule has 1 aliphatic rings. The number of H-pyrrole nitrogens is 1. The van der Waals surface area contributed by atoms with E-state index >= 15 is 0 Å². The fraction of sp³-hybridized carbons (Fsp3) is 0.318. The van der Waals surface area contributed by atoms with Gasteiger partial charge in [0.05, 0.1) is 23.6 Å². The topological polar surface area (TPSA) is 70.6 Å². The number of esters is 1. The second-order valence-electron chi connectivity index (χ2n) is 7.45. The van der Waals surface area contributed by atoms with Gasteiger partial charge in [-0.1, -0.05) is 17.7 Å². The number of carbonyl (C=O) groups excluding carboxylic acids is 1. The van der Waals surface area contributed by atoms with Crippen LogP contribution in [0.4, 0.5) is 5.69 Å². The predicted octanol–water partition coefficient (Wildman–Crippen LogP) is 3.32. The number of nitrogens with zero attached hydrogens (tertiary/aromatic N) is 3. The zero-order valence-corrected chi connectivity index (χ0v) is 18.7. The number of ether oxygens (including phenoxy) is 1. The number of methoxy groups -OCH3 is 1. The Kier molecular flexibility index (Phi) is 6.41. The van der Waals surface area contributed by atoms with Gasteiger partial charge in [0.2, 0.25) is 0 Å². The highest BCUT2D eigenvalue weighted by Crippen LogP contribution is 2.20. The number of benzene rings is 2. The van der Waals surface area contributed by atoms with E-state index in [1.165, 1.54) is 7.11 Å². The maximum atomic E-state index is 13.0. The molecule has 0 saturated carbocycles. The molecule has 1 aliphatic heterocycles. The molecule has 0 spiro atoms. The van der Waals surface area contributed by atoms with E-state index in [0.29, 0.717) is 27.8 Å². The van der Waals surface area contributed by atoms with Gasteiger partial charge in [-0.15, -0.1) is 0 Å². The second-order valence-corrected chi connectivity index (χ2v) is 8.27. The average molecular weight is 459 g/mol. The lowest BCUT2D eigenvalue weighted by Crippen LogP contribution is -2.47. The van der Waals surface area contributed by atoms with Crippen LogP contribution in [-0.2, 0) is 11.3 Å². The molecule has 7 nitrogen and oxygen atoms in total. The number of rotatable bonds is 5. The zero-order valence-electron chi connectivity index (χ0n) is 17.1. The van der Waals surface area contributed by atoms with Gasteiger partial charge < -0.3 is 14.6 Å². The smallest absolute Gasteiger partial charge is 0.337 e. The number of aromatic nitrogens is 2. The van der Waals surface area contributed by atoms with Gasteiger partial charge in [-0.05, 0) is 48.6 Å². The predicted molar refractivity (Wildman–Crippen MR) is 125 cm³/mol. The highest BCUT2D eigenvalue weighted by molar-refractivity contribution is 7.71. The van der Waals surface area contributed by atoms with Crippen molar-refractivity contribution in [2.45, 2.75) is 6.54 Å². The van der Waals surface area contributed by atoms with Gasteiger partial charge in [0, 0.05) is 50.0 Å². The van der Waals surface area contributed by atoms with Crippen molar-refractivity contribution >= 4 is 46.4 Å². The maximum absolute atomic E-state index is 13.0. The third-order valence-corrected chi connectivity index (χ3v) is 6.15. The highest BCUT2D eigenvalue weighted by Gasteiger charge is 2.18. The molecular weight excluding hydrogens is 436 g/mol. The summed E-state index contributed by atoms with van der Waals surface area (Å²) in [6.45, 7) is 4.82. The Labute approximate surface area is 189 Å². The van der Waals surface area contributed by atoms with Crippen molar-refractivity contribution in [1.82, 2.24) is 14.5 Å². The molecule has 1 aromatic heterocycles. The summed E-state index contributed by atoms with van der Waals surface area (Å²) in [5.74, 6) is -0.456. The van der Waals surface area contributed by atoms with Crippen molar-refractivity contribution in [3.63, 3.8) is 0 Å². The summed E-state index contributed by atoms with van der Waals surface area (Å²) in [4.78, 5) is 32.4. The van der Waals surface area contributed by atoms with Crippen LogP contribution in [0.15, 0.2) is 47.3 Å². The largest absolute Gasteiger partial charge is 0.465 e. The molecule has 1 N–H and O–H groups in total. The zero-order chi connectivity index (χ0) is 22.0.